The van der Waals surface area contributed by atoms with Gasteiger partial charge in [-0.1, -0.05) is 164 Å². The highest BCUT2D eigenvalue weighted by Gasteiger charge is 2.31. The molecule has 0 aliphatic carbocycles. The maximum absolute atomic E-state index is 6.12. The molecule has 1 saturated heterocycles. The van der Waals surface area contributed by atoms with E-state index >= 15 is 0 Å². The Kier molecular flexibility index (Phi) is 6.61. The predicted octanol–water partition coefficient (Wildman–Crippen LogP) is 11.2. The molecule has 10 rings (SSSR count). The summed E-state index contributed by atoms with van der Waals surface area (Å²) in [5.74, 6) is 0. The molecule has 9 aromatic rings. The third kappa shape index (κ3) is 4.37. The second-order valence-electron chi connectivity index (χ2n) is 12.9. The van der Waals surface area contributed by atoms with E-state index in [0.717, 1.165) is 5.46 Å². The molecule has 0 aromatic heterocycles. The zero-order chi connectivity index (χ0) is 32.3. The summed E-state index contributed by atoms with van der Waals surface area (Å²) >= 11 is 0. The van der Waals surface area contributed by atoms with E-state index in [1.54, 1.807) is 0 Å². The molecular weight excluding hydrogens is 595 g/mol. The monoisotopic (exact) mass is 626 g/mol. The summed E-state index contributed by atoms with van der Waals surface area (Å²) in [6, 6.07) is 59.7. The summed E-state index contributed by atoms with van der Waals surface area (Å²) in [6.07, 6.45) is 0. The van der Waals surface area contributed by atoms with E-state index in [4.69, 9.17) is 9.31 Å². The van der Waals surface area contributed by atoms with Gasteiger partial charge in [-0.3, -0.25) is 0 Å². The Labute approximate surface area is 285 Å². The molecule has 2 nitrogen and oxygen atoms in total. The molecule has 0 N–H and O–H groups in total. The molecule has 0 bridgehead atoms. The Balaban J connectivity index is 1.30. The summed E-state index contributed by atoms with van der Waals surface area (Å²) in [4.78, 5) is 0. The van der Waals surface area contributed by atoms with E-state index in [9.17, 15) is 0 Å². The fraction of sp³-hybridized carbons (Fsp3) is 0.0435. The maximum atomic E-state index is 6.12. The van der Waals surface area contributed by atoms with Crippen molar-refractivity contribution in [3.63, 3.8) is 0 Å². The quantitative estimate of drug-likeness (QED) is 0.143. The lowest BCUT2D eigenvalue weighted by Crippen LogP contribution is -2.33. The van der Waals surface area contributed by atoms with Gasteiger partial charge in [0.2, 0.25) is 0 Å². The van der Waals surface area contributed by atoms with Crippen molar-refractivity contribution in [2.75, 3.05) is 13.2 Å². The largest absolute Gasteiger partial charge is 0.495 e. The van der Waals surface area contributed by atoms with Gasteiger partial charge in [-0.05, 0) is 92.7 Å². The van der Waals surface area contributed by atoms with Gasteiger partial charge < -0.3 is 9.31 Å². The number of fused-ring (bicyclic) bond motifs is 5. The SMILES string of the molecule is c1ccc(-c2c3ccccc3c(-c3ccc(-c4c5ccccc5c(B5OCCO5)c5ccccc45)c4ccccc34)c3ccccc23)cc1. The Morgan fingerprint density at radius 3 is 1.06 bits per heavy atom. The predicted molar refractivity (Wildman–Crippen MR) is 208 cm³/mol. The van der Waals surface area contributed by atoms with Crippen molar-refractivity contribution in [1.82, 2.24) is 0 Å². The lowest BCUT2D eigenvalue weighted by Gasteiger charge is -2.21. The third-order valence-electron chi connectivity index (χ3n) is 10.3. The lowest BCUT2D eigenvalue weighted by atomic mass is 9.71. The average molecular weight is 627 g/mol. The zero-order valence-corrected chi connectivity index (χ0v) is 26.9. The fourth-order valence-corrected chi connectivity index (χ4v) is 8.30. The first-order chi connectivity index (χ1) is 24.4. The summed E-state index contributed by atoms with van der Waals surface area (Å²) in [5.41, 5.74) is 8.61. The normalized spacial score (nSPS) is 13.3. The molecule has 0 atom stereocenters. The summed E-state index contributed by atoms with van der Waals surface area (Å²) in [6.45, 7) is 1.22. The van der Waals surface area contributed by atoms with Gasteiger partial charge >= 0.3 is 7.12 Å². The first-order valence-corrected chi connectivity index (χ1v) is 17.0. The van der Waals surface area contributed by atoms with Crippen LogP contribution in [-0.2, 0) is 9.31 Å². The molecule has 1 fully saturated rings. The molecule has 0 amide bonds. The van der Waals surface area contributed by atoms with E-state index in [-0.39, 0.29) is 7.12 Å². The highest BCUT2D eigenvalue weighted by atomic mass is 16.6. The summed E-state index contributed by atoms with van der Waals surface area (Å²) < 4.78 is 12.2. The standard InChI is InChI=1S/C46H31BO2/c1-2-14-30(15-3-1)43-33-18-6-8-20-35(33)44(36-21-9-7-19-34(36)43)39-26-27-40(32-17-5-4-16-31(32)39)45-37-22-10-12-24-41(37)46(47-48-28-29-49-47)42-25-13-11-23-38(42)45/h1-27H,28-29H2. The highest BCUT2D eigenvalue weighted by Crippen LogP contribution is 2.47. The van der Waals surface area contributed by atoms with Gasteiger partial charge in [0.25, 0.3) is 0 Å². The van der Waals surface area contributed by atoms with Crippen LogP contribution in [0, 0.1) is 0 Å². The van der Waals surface area contributed by atoms with E-state index in [1.165, 1.54) is 87.2 Å². The Morgan fingerprint density at radius 2 is 0.633 bits per heavy atom. The van der Waals surface area contributed by atoms with Crippen LogP contribution in [0.15, 0.2) is 164 Å². The lowest BCUT2D eigenvalue weighted by molar-refractivity contribution is 0.365. The molecule has 0 unspecified atom stereocenters. The minimum atomic E-state index is -0.372. The number of hydrogen-bond donors (Lipinski definition) is 0. The van der Waals surface area contributed by atoms with Gasteiger partial charge in [0, 0.05) is 0 Å². The molecule has 230 valence electrons. The highest BCUT2D eigenvalue weighted by molar-refractivity contribution is 6.68. The van der Waals surface area contributed by atoms with Crippen molar-refractivity contribution in [2.45, 2.75) is 0 Å². The topological polar surface area (TPSA) is 18.5 Å². The maximum Gasteiger partial charge on any atom is 0.495 e. The van der Waals surface area contributed by atoms with Crippen molar-refractivity contribution < 1.29 is 9.31 Å². The second kappa shape index (κ2) is 11.5. The van der Waals surface area contributed by atoms with Crippen molar-refractivity contribution in [3.8, 4) is 33.4 Å². The minimum absolute atomic E-state index is 0.372. The Bertz CT molecular complexity index is 2610. The van der Waals surface area contributed by atoms with Crippen LogP contribution in [0.2, 0.25) is 0 Å². The van der Waals surface area contributed by atoms with Gasteiger partial charge in [0.15, 0.2) is 0 Å². The van der Waals surface area contributed by atoms with Crippen molar-refractivity contribution in [1.29, 1.82) is 0 Å². The number of rotatable bonds is 4. The Morgan fingerprint density at radius 1 is 0.306 bits per heavy atom. The molecular formula is C46H31BO2. The summed E-state index contributed by atoms with van der Waals surface area (Å²) in [7, 11) is -0.372. The molecule has 3 heteroatoms. The van der Waals surface area contributed by atoms with E-state index < -0.39 is 0 Å². The van der Waals surface area contributed by atoms with Gasteiger partial charge in [-0.15, -0.1) is 0 Å². The van der Waals surface area contributed by atoms with Crippen LogP contribution in [0.4, 0.5) is 0 Å². The van der Waals surface area contributed by atoms with Crippen LogP contribution < -0.4 is 5.46 Å². The molecule has 9 aromatic carbocycles. The van der Waals surface area contributed by atoms with Gasteiger partial charge in [0.05, 0.1) is 13.2 Å². The van der Waals surface area contributed by atoms with Crippen LogP contribution in [0.1, 0.15) is 0 Å². The van der Waals surface area contributed by atoms with E-state index in [2.05, 4.69) is 164 Å². The van der Waals surface area contributed by atoms with E-state index in [1.807, 2.05) is 0 Å². The fourth-order valence-electron chi connectivity index (χ4n) is 8.30. The van der Waals surface area contributed by atoms with Crippen molar-refractivity contribution in [3.05, 3.63) is 164 Å². The first-order valence-electron chi connectivity index (χ1n) is 17.0. The van der Waals surface area contributed by atoms with Crippen LogP contribution in [0.25, 0.3) is 87.2 Å². The number of benzene rings is 9. The molecule has 0 spiro atoms. The van der Waals surface area contributed by atoms with Gasteiger partial charge in [-0.2, -0.15) is 0 Å². The van der Waals surface area contributed by atoms with Crippen LogP contribution in [0.5, 0.6) is 0 Å². The third-order valence-corrected chi connectivity index (χ3v) is 10.3. The second-order valence-corrected chi connectivity index (χ2v) is 12.9. The van der Waals surface area contributed by atoms with Gasteiger partial charge in [-0.25, -0.2) is 0 Å². The minimum Gasteiger partial charge on any atom is -0.405 e. The molecule has 1 aliphatic rings. The van der Waals surface area contributed by atoms with Crippen molar-refractivity contribution in [2.24, 2.45) is 0 Å². The average Bonchev–Trinajstić information content (AvgIpc) is 3.71. The molecule has 49 heavy (non-hydrogen) atoms. The molecule has 0 radical (unpaired) electrons. The van der Waals surface area contributed by atoms with E-state index in [0.29, 0.717) is 13.2 Å². The van der Waals surface area contributed by atoms with Crippen LogP contribution in [-0.4, -0.2) is 20.3 Å². The molecule has 1 aliphatic heterocycles. The molecule has 1 heterocycles. The van der Waals surface area contributed by atoms with Crippen LogP contribution >= 0.6 is 0 Å². The number of hydrogen-bond acceptors (Lipinski definition) is 2. The van der Waals surface area contributed by atoms with Crippen LogP contribution in [0.3, 0.4) is 0 Å². The van der Waals surface area contributed by atoms with Gasteiger partial charge in [0.1, 0.15) is 0 Å². The zero-order valence-electron chi connectivity index (χ0n) is 26.9. The first kappa shape index (κ1) is 28.3. The molecule has 0 saturated carbocycles. The van der Waals surface area contributed by atoms with Crippen molar-refractivity contribution >= 4 is 66.4 Å². The smallest absolute Gasteiger partial charge is 0.405 e. The Hall–Kier alpha value is -5.74. The summed E-state index contributed by atoms with van der Waals surface area (Å²) in [5, 5.41) is 12.3.